The van der Waals surface area contributed by atoms with Gasteiger partial charge in [0.05, 0.1) is 19.0 Å². The van der Waals surface area contributed by atoms with Crippen molar-refractivity contribution in [2.75, 3.05) is 12.4 Å². The number of rotatable bonds is 3. The van der Waals surface area contributed by atoms with Gasteiger partial charge in [0.15, 0.2) is 0 Å². The molecular formula is C16H16N2O2. The summed E-state index contributed by atoms with van der Waals surface area (Å²) < 4.78 is 5.08. The van der Waals surface area contributed by atoms with Crippen molar-refractivity contribution in [2.24, 2.45) is 0 Å². The van der Waals surface area contributed by atoms with Crippen molar-refractivity contribution in [3.8, 4) is 5.75 Å². The van der Waals surface area contributed by atoms with E-state index in [1.807, 2.05) is 6.07 Å². The van der Waals surface area contributed by atoms with Crippen LogP contribution in [0, 0.1) is 0 Å². The summed E-state index contributed by atoms with van der Waals surface area (Å²) in [5.41, 5.74) is 3.77. The maximum atomic E-state index is 12.1. The van der Waals surface area contributed by atoms with Crippen LogP contribution >= 0.6 is 0 Å². The van der Waals surface area contributed by atoms with Crippen LogP contribution < -0.4 is 10.1 Å². The molecule has 0 fully saturated rings. The smallest absolute Gasteiger partial charge is 0.255 e. The summed E-state index contributed by atoms with van der Waals surface area (Å²) >= 11 is 0. The van der Waals surface area contributed by atoms with E-state index in [0.717, 1.165) is 36.4 Å². The van der Waals surface area contributed by atoms with Crippen molar-refractivity contribution < 1.29 is 9.53 Å². The molecule has 1 N–H and O–H groups in total. The van der Waals surface area contributed by atoms with Crippen LogP contribution in [-0.2, 0) is 12.8 Å². The maximum Gasteiger partial charge on any atom is 0.255 e. The number of ether oxygens (including phenoxy) is 1. The number of fused-ring (bicyclic) bond motifs is 1. The molecule has 1 aromatic heterocycles. The highest BCUT2D eigenvalue weighted by Crippen LogP contribution is 2.23. The van der Waals surface area contributed by atoms with Crippen LogP contribution in [0.15, 0.2) is 36.5 Å². The summed E-state index contributed by atoms with van der Waals surface area (Å²) in [6.07, 6.45) is 4.97. The lowest BCUT2D eigenvalue weighted by Crippen LogP contribution is -2.12. The Labute approximate surface area is 117 Å². The molecule has 20 heavy (non-hydrogen) atoms. The Hall–Kier alpha value is -2.36. The molecule has 0 spiro atoms. The number of hydrogen-bond acceptors (Lipinski definition) is 3. The van der Waals surface area contributed by atoms with Gasteiger partial charge in [-0.05, 0) is 55.2 Å². The standard InChI is InChI=1S/C16H16N2O2/c1-20-14-7-5-11(6-8-14)16(19)18-13-9-12-3-2-4-15(12)17-10-13/h5-10H,2-4H2,1H3,(H,18,19). The first-order chi connectivity index (χ1) is 9.76. The summed E-state index contributed by atoms with van der Waals surface area (Å²) in [6.45, 7) is 0. The highest BCUT2D eigenvalue weighted by Gasteiger charge is 2.13. The molecule has 0 unspecified atom stereocenters. The minimum atomic E-state index is -0.132. The van der Waals surface area contributed by atoms with Crippen molar-refractivity contribution in [3.05, 3.63) is 53.3 Å². The number of benzene rings is 1. The summed E-state index contributed by atoms with van der Waals surface area (Å²) in [7, 11) is 1.60. The third-order valence-corrected chi connectivity index (χ3v) is 3.53. The van der Waals surface area contributed by atoms with Crippen LogP contribution in [0.4, 0.5) is 5.69 Å². The first kappa shape index (κ1) is 12.7. The molecule has 0 bridgehead atoms. The molecule has 1 heterocycles. The number of pyridine rings is 1. The Morgan fingerprint density at radius 2 is 2.05 bits per heavy atom. The summed E-state index contributed by atoms with van der Waals surface area (Å²) in [6, 6.07) is 9.06. The van der Waals surface area contributed by atoms with Crippen LogP contribution in [0.3, 0.4) is 0 Å². The zero-order valence-electron chi connectivity index (χ0n) is 11.3. The quantitative estimate of drug-likeness (QED) is 0.931. The number of hydrogen-bond donors (Lipinski definition) is 1. The van der Waals surface area contributed by atoms with Gasteiger partial charge in [-0.15, -0.1) is 0 Å². The lowest BCUT2D eigenvalue weighted by Gasteiger charge is -2.07. The Morgan fingerprint density at radius 3 is 2.80 bits per heavy atom. The molecule has 1 amide bonds. The van der Waals surface area contributed by atoms with Gasteiger partial charge in [0.2, 0.25) is 0 Å². The number of aromatic nitrogens is 1. The lowest BCUT2D eigenvalue weighted by molar-refractivity contribution is 0.102. The van der Waals surface area contributed by atoms with Gasteiger partial charge in [-0.2, -0.15) is 0 Å². The van der Waals surface area contributed by atoms with Gasteiger partial charge in [-0.3, -0.25) is 9.78 Å². The normalized spacial score (nSPS) is 12.8. The van der Waals surface area contributed by atoms with E-state index in [0.29, 0.717) is 5.56 Å². The van der Waals surface area contributed by atoms with E-state index in [2.05, 4.69) is 10.3 Å². The minimum Gasteiger partial charge on any atom is -0.497 e. The van der Waals surface area contributed by atoms with Crippen LogP contribution in [-0.4, -0.2) is 18.0 Å². The number of amides is 1. The SMILES string of the molecule is COc1ccc(C(=O)Nc2cnc3c(c2)CCC3)cc1. The average Bonchev–Trinajstić information content (AvgIpc) is 2.95. The molecule has 0 saturated carbocycles. The first-order valence-corrected chi connectivity index (χ1v) is 6.69. The number of carbonyl (C=O) groups is 1. The van der Waals surface area contributed by atoms with Crippen LogP contribution in [0.1, 0.15) is 28.0 Å². The molecule has 102 valence electrons. The van der Waals surface area contributed by atoms with E-state index >= 15 is 0 Å². The van der Waals surface area contributed by atoms with Gasteiger partial charge in [0, 0.05) is 11.3 Å². The zero-order chi connectivity index (χ0) is 13.9. The molecule has 1 aliphatic carbocycles. The second kappa shape index (κ2) is 5.33. The molecule has 4 heteroatoms. The number of anilines is 1. The van der Waals surface area contributed by atoms with Crippen molar-refractivity contribution in [1.29, 1.82) is 0 Å². The predicted molar refractivity (Wildman–Crippen MR) is 77.2 cm³/mol. The molecule has 4 nitrogen and oxygen atoms in total. The van der Waals surface area contributed by atoms with E-state index < -0.39 is 0 Å². The van der Waals surface area contributed by atoms with Crippen molar-refractivity contribution in [3.63, 3.8) is 0 Å². The van der Waals surface area contributed by atoms with E-state index in [-0.39, 0.29) is 5.91 Å². The van der Waals surface area contributed by atoms with Crippen LogP contribution in [0.5, 0.6) is 5.75 Å². The molecule has 0 aliphatic heterocycles. The fourth-order valence-corrected chi connectivity index (χ4v) is 2.44. The van der Waals surface area contributed by atoms with Crippen molar-refractivity contribution in [1.82, 2.24) is 4.98 Å². The molecule has 0 saturated heterocycles. The second-order valence-electron chi connectivity index (χ2n) is 4.87. The summed E-state index contributed by atoms with van der Waals surface area (Å²) in [5, 5.41) is 2.88. The highest BCUT2D eigenvalue weighted by atomic mass is 16.5. The number of nitrogens with one attached hydrogen (secondary N) is 1. The van der Waals surface area contributed by atoms with Crippen LogP contribution in [0.2, 0.25) is 0 Å². The topological polar surface area (TPSA) is 51.2 Å². The minimum absolute atomic E-state index is 0.132. The molecule has 0 atom stereocenters. The van der Waals surface area contributed by atoms with Gasteiger partial charge >= 0.3 is 0 Å². The molecule has 1 aromatic carbocycles. The number of nitrogens with zero attached hydrogens (tertiary/aromatic N) is 1. The number of methoxy groups -OCH3 is 1. The largest absolute Gasteiger partial charge is 0.497 e. The third kappa shape index (κ3) is 2.50. The third-order valence-electron chi connectivity index (χ3n) is 3.53. The summed E-state index contributed by atoms with van der Waals surface area (Å²) in [4.78, 5) is 16.5. The van der Waals surface area contributed by atoms with E-state index in [1.54, 1.807) is 37.6 Å². The average molecular weight is 268 g/mol. The molecule has 0 radical (unpaired) electrons. The Bertz CT molecular complexity index is 635. The highest BCUT2D eigenvalue weighted by molar-refractivity contribution is 6.04. The van der Waals surface area contributed by atoms with E-state index in [9.17, 15) is 4.79 Å². The lowest BCUT2D eigenvalue weighted by atomic mass is 10.2. The Morgan fingerprint density at radius 1 is 1.25 bits per heavy atom. The van der Waals surface area contributed by atoms with Crippen molar-refractivity contribution in [2.45, 2.75) is 19.3 Å². The zero-order valence-corrected chi connectivity index (χ0v) is 11.3. The fraction of sp³-hybridized carbons (Fsp3) is 0.250. The predicted octanol–water partition coefficient (Wildman–Crippen LogP) is 2.83. The van der Waals surface area contributed by atoms with Crippen molar-refractivity contribution >= 4 is 11.6 Å². The molecule has 3 rings (SSSR count). The van der Waals surface area contributed by atoms with Gasteiger partial charge in [-0.25, -0.2) is 0 Å². The number of carbonyl (C=O) groups excluding carboxylic acids is 1. The molecule has 2 aromatic rings. The second-order valence-corrected chi connectivity index (χ2v) is 4.87. The number of aryl methyl sites for hydroxylation is 2. The molecular weight excluding hydrogens is 252 g/mol. The molecule has 1 aliphatic rings. The van der Waals surface area contributed by atoms with Gasteiger partial charge in [0.1, 0.15) is 5.75 Å². The monoisotopic (exact) mass is 268 g/mol. The van der Waals surface area contributed by atoms with Gasteiger partial charge in [-0.1, -0.05) is 0 Å². The van der Waals surface area contributed by atoms with Gasteiger partial charge < -0.3 is 10.1 Å². The maximum absolute atomic E-state index is 12.1. The summed E-state index contributed by atoms with van der Waals surface area (Å²) in [5.74, 6) is 0.605. The Kier molecular flexibility index (Phi) is 3.37. The van der Waals surface area contributed by atoms with E-state index in [1.165, 1.54) is 5.56 Å². The Balaban J connectivity index is 1.75. The fourth-order valence-electron chi connectivity index (χ4n) is 2.44. The van der Waals surface area contributed by atoms with Crippen LogP contribution in [0.25, 0.3) is 0 Å². The first-order valence-electron chi connectivity index (χ1n) is 6.69. The van der Waals surface area contributed by atoms with Gasteiger partial charge in [0.25, 0.3) is 5.91 Å². The van der Waals surface area contributed by atoms with E-state index in [4.69, 9.17) is 4.74 Å².